The van der Waals surface area contributed by atoms with E-state index < -0.39 is 22.1 Å². The fourth-order valence-electron chi connectivity index (χ4n) is 2.09. The summed E-state index contributed by atoms with van der Waals surface area (Å²) in [5, 5.41) is 9.32. The lowest BCUT2D eigenvalue weighted by atomic mass is 10.1. The van der Waals surface area contributed by atoms with Crippen LogP contribution in [-0.4, -0.2) is 37.5 Å². The molecule has 1 atom stereocenters. The van der Waals surface area contributed by atoms with E-state index in [9.17, 15) is 17.9 Å². The second-order valence-electron chi connectivity index (χ2n) is 4.52. The highest BCUT2D eigenvalue weighted by Gasteiger charge is 2.28. The molecule has 0 radical (unpaired) electrons. The maximum atomic E-state index is 12.8. The Kier molecular flexibility index (Phi) is 4.51. The molecule has 2 rings (SSSR count). The standard InChI is InChI=1S/C12H17FN2O3S/c13-11-5-3-10(4-6-11)12(9-16)14-19(17,18)15-7-1-2-8-15/h3-6,12,14,16H,1-2,7-9H2. The van der Waals surface area contributed by atoms with Gasteiger partial charge in [-0.3, -0.25) is 0 Å². The molecule has 1 saturated heterocycles. The molecule has 0 bridgehead atoms. The molecule has 106 valence electrons. The predicted octanol–water partition coefficient (Wildman–Crippen LogP) is 0.789. The maximum Gasteiger partial charge on any atom is 0.280 e. The van der Waals surface area contributed by atoms with Crippen LogP contribution in [0.2, 0.25) is 0 Å². The van der Waals surface area contributed by atoms with Crippen LogP contribution in [0.5, 0.6) is 0 Å². The molecule has 0 aromatic heterocycles. The van der Waals surface area contributed by atoms with Crippen LogP contribution in [0.4, 0.5) is 4.39 Å². The van der Waals surface area contributed by atoms with Gasteiger partial charge < -0.3 is 5.11 Å². The zero-order valence-electron chi connectivity index (χ0n) is 10.4. The van der Waals surface area contributed by atoms with E-state index in [1.165, 1.54) is 28.6 Å². The Morgan fingerprint density at radius 1 is 1.26 bits per heavy atom. The van der Waals surface area contributed by atoms with Crippen molar-refractivity contribution in [3.63, 3.8) is 0 Å². The second kappa shape index (κ2) is 5.96. The van der Waals surface area contributed by atoms with Crippen LogP contribution in [0.15, 0.2) is 24.3 Å². The van der Waals surface area contributed by atoms with Gasteiger partial charge in [0, 0.05) is 13.1 Å². The summed E-state index contributed by atoms with van der Waals surface area (Å²) < 4.78 is 40.8. The fourth-order valence-corrected chi connectivity index (χ4v) is 3.55. The third kappa shape index (κ3) is 3.50. The van der Waals surface area contributed by atoms with Crippen molar-refractivity contribution in [3.05, 3.63) is 35.6 Å². The van der Waals surface area contributed by atoms with Gasteiger partial charge in [0.25, 0.3) is 10.2 Å². The van der Waals surface area contributed by atoms with Crippen molar-refractivity contribution < 1.29 is 17.9 Å². The van der Waals surface area contributed by atoms with Crippen LogP contribution in [0, 0.1) is 5.82 Å². The number of hydrogen-bond acceptors (Lipinski definition) is 3. The summed E-state index contributed by atoms with van der Waals surface area (Å²) in [6, 6.07) is 4.64. The molecular weight excluding hydrogens is 271 g/mol. The summed E-state index contributed by atoms with van der Waals surface area (Å²) in [5.74, 6) is -0.400. The Morgan fingerprint density at radius 2 is 1.84 bits per heavy atom. The average Bonchev–Trinajstić information content (AvgIpc) is 2.92. The van der Waals surface area contributed by atoms with Gasteiger partial charge in [-0.2, -0.15) is 17.4 Å². The Bertz CT molecular complexity index is 512. The van der Waals surface area contributed by atoms with E-state index in [1.807, 2.05) is 0 Å². The number of aliphatic hydroxyl groups is 1. The second-order valence-corrected chi connectivity index (χ2v) is 6.22. The van der Waals surface area contributed by atoms with Crippen LogP contribution < -0.4 is 4.72 Å². The van der Waals surface area contributed by atoms with E-state index >= 15 is 0 Å². The number of halogens is 1. The van der Waals surface area contributed by atoms with E-state index in [4.69, 9.17) is 0 Å². The molecule has 7 heteroatoms. The first-order chi connectivity index (χ1) is 9.03. The number of benzene rings is 1. The van der Waals surface area contributed by atoms with Gasteiger partial charge in [0.1, 0.15) is 5.82 Å². The average molecular weight is 288 g/mol. The largest absolute Gasteiger partial charge is 0.394 e. The molecule has 0 spiro atoms. The Balaban J connectivity index is 2.12. The molecule has 19 heavy (non-hydrogen) atoms. The smallest absolute Gasteiger partial charge is 0.280 e. The molecule has 0 aliphatic carbocycles. The summed E-state index contributed by atoms with van der Waals surface area (Å²) in [6.07, 6.45) is 1.70. The van der Waals surface area contributed by atoms with E-state index in [0.29, 0.717) is 18.7 Å². The van der Waals surface area contributed by atoms with E-state index in [-0.39, 0.29) is 6.61 Å². The predicted molar refractivity (Wildman–Crippen MR) is 69.1 cm³/mol. The van der Waals surface area contributed by atoms with Gasteiger partial charge in [0.2, 0.25) is 0 Å². The summed E-state index contributed by atoms with van der Waals surface area (Å²) >= 11 is 0. The monoisotopic (exact) mass is 288 g/mol. The Labute approximate surface area is 112 Å². The van der Waals surface area contributed by atoms with Crippen molar-refractivity contribution in [1.29, 1.82) is 0 Å². The van der Waals surface area contributed by atoms with Crippen molar-refractivity contribution in [1.82, 2.24) is 9.03 Å². The molecule has 1 aromatic carbocycles. The molecule has 1 aromatic rings. The lowest BCUT2D eigenvalue weighted by Gasteiger charge is -2.21. The molecule has 1 heterocycles. The van der Waals surface area contributed by atoms with Crippen molar-refractivity contribution in [2.45, 2.75) is 18.9 Å². The van der Waals surface area contributed by atoms with Crippen molar-refractivity contribution in [2.24, 2.45) is 0 Å². The lowest BCUT2D eigenvalue weighted by molar-refractivity contribution is 0.256. The minimum absolute atomic E-state index is 0.376. The van der Waals surface area contributed by atoms with Gasteiger partial charge in [0.15, 0.2) is 0 Å². The molecule has 2 N–H and O–H groups in total. The first-order valence-corrected chi connectivity index (χ1v) is 7.60. The first-order valence-electron chi connectivity index (χ1n) is 6.16. The highest BCUT2D eigenvalue weighted by molar-refractivity contribution is 7.87. The van der Waals surface area contributed by atoms with Crippen LogP contribution in [0.3, 0.4) is 0 Å². The van der Waals surface area contributed by atoms with Gasteiger partial charge in [-0.05, 0) is 30.5 Å². The normalized spacial score (nSPS) is 18.6. The number of rotatable bonds is 5. The molecular formula is C12H17FN2O3S. The topological polar surface area (TPSA) is 69.6 Å². The van der Waals surface area contributed by atoms with Gasteiger partial charge in [-0.25, -0.2) is 4.39 Å². The Hall–Kier alpha value is -1.02. The fraction of sp³-hybridized carbons (Fsp3) is 0.500. The van der Waals surface area contributed by atoms with E-state index in [2.05, 4.69) is 4.72 Å². The van der Waals surface area contributed by atoms with Gasteiger partial charge in [-0.1, -0.05) is 12.1 Å². The lowest BCUT2D eigenvalue weighted by Crippen LogP contribution is -2.41. The molecule has 5 nitrogen and oxygen atoms in total. The molecule has 1 aliphatic rings. The zero-order chi connectivity index (χ0) is 13.9. The van der Waals surface area contributed by atoms with Crippen molar-refractivity contribution in [2.75, 3.05) is 19.7 Å². The third-order valence-corrected chi connectivity index (χ3v) is 4.78. The molecule has 0 saturated carbocycles. The molecule has 1 unspecified atom stereocenters. The molecule has 1 aliphatic heterocycles. The summed E-state index contributed by atoms with van der Waals surface area (Å²) in [5.41, 5.74) is 0.534. The van der Waals surface area contributed by atoms with Crippen molar-refractivity contribution >= 4 is 10.2 Å². The SMILES string of the molecule is O=S(=O)(NC(CO)c1ccc(F)cc1)N1CCCC1. The van der Waals surface area contributed by atoms with Crippen LogP contribution in [0.25, 0.3) is 0 Å². The highest BCUT2D eigenvalue weighted by Crippen LogP contribution is 2.17. The number of nitrogens with one attached hydrogen (secondary N) is 1. The summed E-state index contributed by atoms with van der Waals surface area (Å²) in [7, 11) is -3.60. The molecule has 1 fully saturated rings. The molecule has 0 amide bonds. The first kappa shape index (κ1) is 14.4. The van der Waals surface area contributed by atoms with Gasteiger partial charge in [0.05, 0.1) is 12.6 Å². The number of hydrogen-bond donors (Lipinski definition) is 2. The van der Waals surface area contributed by atoms with Gasteiger partial charge in [-0.15, -0.1) is 0 Å². The van der Waals surface area contributed by atoms with Crippen LogP contribution in [-0.2, 0) is 10.2 Å². The van der Waals surface area contributed by atoms with E-state index in [1.54, 1.807) is 0 Å². The minimum atomic E-state index is -3.60. The minimum Gasteiger partial charge on any atom is -0.394 e. The van der Waals surface area contributed by atoms with Crippen LogP contribution >= 0.6 is 0 Å². The summed E-state index contributed by atoms with van der Waals surface area (Å²) in [4.78, 5) is 0. The van der Waals surface area contributed by atoms with E-state index in [0.717, 1.165) is 12.8 Å². The maximum absolute atomic E-state index is 12.8. The summed E-state index contributed by atoms with van der Waals surface area (Å²) in [6.45, 7) is 0.618. The van der Waals surface area contributed by atoms with Crippen molar-refractivity contribution in [3.8, 4) is 0 Å². The number of aliphatic hydroxyl groups excluding tert-OH is 1. The quantitative estimate of drug-likeness (QED) is 0.841. The zero-order valence-corrected chi connectivity index (χ0v) is 11.2. The Morgan fingerprint density at radius 3 is 2.37 bits per heavy atom. The van der Waals surface area contributed by atoms with Crippen LogP contribution in [0.1, 0.15) is 24.4 Å². The highest BCUT2D eigenvalue weighted by atomic mass is 32.2. The number of nitrogens with zero attached hydrogens (tertiary/aromatic N) is 1. The van der Waals surface area contributed by atoms with Gasteiger partial charge >= 0.3 is 0 Å². The third-order valence-electron chi connectivity index (χ3n) is 3.15.